The zero-order valence-corrected chi connectivity index (χ0v) is 16.7. The van der Waals surface area contributed by atoms with Crippen molar-refractivity contribution in [1.29, 1.82) is 0 Å². The predicted octanol–water partition coefficient (Wildman–Crippen LogP) is 4.15. The average molecular weight is 400 g/mol. The maximum Gasteiger partial charge on any atom is 0.235 e. The Morgan fingerprint density at radius 3 is 2.89 bits per heavy atom. The highest BCUT2D eigenvalue weighted by Crippen LogP contribution is 2.22. The van der Waals surface area contributed by atoms with Gasteiger partial charge in [0.25, 0.3) is 0 Å². The fourth-order valence-corrected chi connectivity index (χ4v) is 3.44. The number of H-pyrrole nitrogens is 1. The molecular formula is C20H21FN4O2S. The van der Waals surface area contributed by atoms with Gasteiger partial charge in [0.2, 0.25) is 11.1 Å². The number of hydrogen-bond donors (Lipinski definition) is 1. The molecule has 2 heterocycles. The maximum absolute atomic E-state index is 13.3. The van der Waals surface area contributed by atoms with Crippen molar-refractivity contribution in [2.45, 2.75) is 30.8 Å². The lowest BCUT2D eigenvalue weighted by Crippen LogP contribution is -2.32. The molecule has 0 fully saturated rings. The molecule has 0 radical (unpaired) electrons. The van der Waals surface area contributed by atoms with Crippen molar-refractivity contribution in [1.82, 2.24) is 20.1 Å². The number of rotatable bonds is 7. The van der Waals surface area contributed by atoms with E-state index in [9.17, 15) is 9.18 Å². The number of aryl methyl sites for hydroxylation is 1. The number of nitrogens with one attached hydrogen (secondary N) is 1. The summed E-state index contributed by atoms with van der Waals surface area (Å²) in [6.45, 7) is 4.02. The number of aromatic nitrogens is 3. The third-order valence-corrected chi connectivity index (χ3v) is 4.91. The first-order chi connectivity index (χ1) is 13.4. The Balaban J connectivity index is 1.56. The van der Waals surface area contributed by atoms with Crippen LogP contribution in [0.1, 0.15) is 29.8 Å². The van der Waals surface area contributed by atoms with Gasteiger partial charge in [-0.3, -0.25) is 9.89 Å². The molecule has 0 aliphatic rings. The Morgan fingerprint density at radius 2 is 2.18 bits per heavy atom. The van der Waals surface area contributed by atoms with Crippen LogP contribution in [0.15, 0.2) is 46.0 Å². The Kier molecular flexibility index (Phi) is 6.30. The summed E-state index contributed by atoms with van der Waals surface area (Å²) in [5.41, 5.74) is 0.742. The molecule has 1 aromatic carbocycles. The first kappa shape index (κ1) is 19.9. The van der Waals surface area contributed by atoms with E-state index in [1.807, 2.05) is 19.1 Å². The van der Waals surface area contributed by atoms with E-state index in [0.717, 1.165) is 17.1 Å². The SMILES string of the molecule is Cc1ccc(C=Cc2nc(SC(C)C(=O)N(C)Cc3cccc(F)c3)n[nH]2)o1. The molecule has 1 N–H and O–H groups in total. The maximum atomic E-state index is 13.3. The summed E-state index contributed by atoms with van der Waals surface area (Å²) in [4.78, 5) is 18.5. The van der Waals surface area contributed by atoms with Crippen LogP contribution in [0.5, 0.6) is 0 Å². The van der Waals surface area contributed by atoms with Crippen molar-refractivity contribution in [3.05, 3.63) is 65.1 Å². The molecule has 0 spiro atoms. The third kappa shape index (κ3) is 5.32. The average Bonchev–Trinajstić information content (AvgIpc) is 3.28. The number of aromatic amines is 1. The van der Waals surface area contributed by atoms with Crippen LogP contribution in [0.4, 0.5) is 4.39 Å². The van der Waals surface area contributed by atoms with Crippen LogP contribution in [0.2, 0.25) is 0 Å². The lowest BCUT2D eigenvalue weighted by molar-refractivity contribution is -0.129. The van der Waals surface area contributed by atoms with Crippen LogP contribution in [0, 0.1) is 12.7 Å². The number of carbonyl (C=O) groups is 1. The standard InChI is InChI=1S/C20H21FN4O2S/c1-13-7-8-17(27-13)9-10-18-22-20(24-23-18)28-14(2)19(26)25(3)12-15-5-4-6-16(21)11-15/h4-11,14H,12H2,1-3H3,(H,22,23,24). The molecule has 2 aromatic heterocycles. The molecule has 0 saturated heterocycles. The van der Waals surface area contributed by atoms with Crippen molar-refractivity contribution >= 4 is 29.8 Å². The fourth-order valence-electron chi connectivity index (χ4n) is 2.60. The van der Waals surface area contributed by atoms with E-state index in [-0.39, 0.29) is 17.0 Å². The van der Waals surface area contributed by atoms with Gasteiger partial charge in [0.05, 0.1) is 5.25 Å². The van der Waals surface area contributed by atoms with Crippen LogP contribution in [-0.2, 0) is 11.3 Å². The first-order valence-electron chi connectivity index (χ1n) is 8.73. The molecule has 8 heteroatoms. The van der Waals surface area contributed by atoms with Crippen molar-refractivity contribution in [2.75, 3.05) is 7.05 Å². The van der Waals surface area contributed by atoms with Gasteiger partial charge in [-0.05, 0) is 55.8 Å². The largest absolute Gasteiger partial charge is 0.462 e. The molecule has 0 aliphatic carbocycles. The van der Waals surface area contributed by atoms with Gasteiger partial charge in [-0.25, -0.2) is 9.37 Å². The molecule has 0 aliphatic heterocycles. The molecule has 3 rings (SSSR count). The van der Waals surface area contributed by atoms with E-state index in [1.54, 1.807) is 43.2 Å². The van der Waals surface area contributed by atoms with Crippen molar-refractivity contribution in [3.8, 4) is 0 Å². The number of halogens is 1. The molecule has 0 bridgehead atoms. The molecule has 1 atom stereocenters. The smallest absolute Gasteiger partial charge is 0.235 e. The number of carbonyl (C=O) groups excluding carboxylic acids is 1. The summed E-state index contributed by atoms with van der Waals surface area (Å²) in [6.07, 6.45) is 3.56. The van der Waals surface area contributed by atoms with E-state index in [2.05, 4.69) is 15.2 Å². The van der Waals surface area contributed by atoms with Crippen LogP contribution in [0.25, 0.3) is 12.2 Å². The minimum atomic E-state index is -0.376. The summed E-state index contributed by atoms with van der Waals surface area (Å²) < 4.78 is 18.8. The van der Waals surface area contributed by atoms with E-state index in [1.165, 1.54) is 23.9 Å². The molecule has 146 valence electrons. The summed E-state index contributed by atoms with van der Waals surface area (Å²) in [5, 5.41) is 7.07. The molecule has 1 unspecified atom stereocenters. The normalized spacial score (nSPS) is 12.4. The quantitative estimate of drug-likeness (QED) is 0.603. The van der Waals surface area contributed by atoms with Crippen LogP contribution in [-0.4, -0.2) is 38.3 Å². The van der Waals surface area contributed by atoms with E-state index in [0.29, 0.717) is 17.5 Å². The zero-order valence-electron chi connectivity index (χ0n) is 15.8. The van der Waals surface area contributed by atoms with Crippen molar-refractivity contribution in [3.63, 3.8) is 0 Å². The van der Waals surface area contributed by atoms with Gasteiger partial charge >= 0.3 is 0 Å². The number of amides is 1. The topological polar surface area (TPSA) is 75.0 Å². The zero-order chi connectivity index (χ0) is 20.1. The van der Waals surface area contributed by atoms with Gasteiger partial charge in [-0.15, -0.1) is 5.10 Å². The summed E-state index contributed by atoms with van der Waals surface area (Å²) >= 11 is 1.26. The Bertz CT molecular complexity index is 982. The molecule has 1 amide bonds. The second-order valence-electron chi connectivity index (χ2n) is 6.37. The highest BCUT2D eigenvalue weighted by atomic mass is 32.2. The van der Waals surface area contributed by atoms with Crippen LogP contribution in [0.3, 0.4) is 0 Å². The minimum Gasteiger partial charge on any atom is -0.462 e. The van der Waals surface area contributed by atoms with Gasteiger partial charge in [0.1, 0.15) is 23.2 Å². The van der Waals surface area contributed by atoms with Crippen LogP contribution >= 0.6 is 11.8 Å². The van der Waals surface area contributed by atoms with Crippen molar-refractivity contribution < 1.29 is 13.6 Å². The van der Waals surface area contributed by atoms with E-state index < -0.39 is 0 Å². The van der Waals surface area contributed by atoms with Crippen LogP contribution < -0.4 is 0 Å². The molecule has 6 nitrogen and oxygen atoms in total. The second kappa shape index (κ2) is 8.88. The number of thioether (sulfide) groups is 1. The molecular weight excluding hydrogens is 379 g/mol. The fraction of sp³-hybridized carbons (Fsp3) is 0.250. The lowest BCUT2D eigenvalue weighted by Gasteiger charge is -2.20. The Hall–Kier alpha value is -2.87. The minimum absolute atomic E-state index is 0.0813. The molecule has 0 saturated carbocycles. The van der Waals surface area contributed by atoms with Gasteiger partial charge < -0.3 is 9.32 Å². The summed E-state index contributed by atoms with van der Waals surface area (Å²) in [6, 6.07) is 9.98. The monoisotopic (exact) mass is 400 g/mol. The van der Waals surface area contributed by atoms with Gasteiger partial charge in [0, 0.05) is 13.6 Å². The summed E-state index contributed by atoms with van der Waals surface area (Å²) in [7, 11) is 1.70. The van der Waals surface area contributed by atoms with E-state index in [4.69, 9.17) is 4.42 Å². The van der Waals surface area contributed by atoms with Gasteiger partial charge in [-0.1, -0.05) is 23.9 Å². The predicted molar refractivity (Wildman–Crippen MR) is 107 cm³/mol. The van der Waals surface area contributed by atoms with Gasteiger partial charge in [0.15, 0.2) is 0 Å². The number of benzene rings is 1. The number of furan rings is 1. The number of nitrogens with zero attached hydrogens (tertiary/aromatic N) is 3. The third-order valence-electron chi connectivity index (χ3n) is 3.96. The molecule has 28 heavy (non-hydrogen) atoms. The van der Waals surface area contributed by atoms with E-state index >= 15 is 0 Å². The number of hydrogen-bond acceptors (Lipinski definition) is 5. The highest BCUT2D eigenvalue weighted by Gasteiger charge is 2.20. The van der Waals surface area contributed by atoms with Gasteiger partial charge in [-0.2, -0.15) is 0 Å². The van der Waals surface area contributed by atoms with Crippen molar-refractivity contribution in [2.24, 2.45) is 0 Å². The lowest BCUT2D eigenvalue weighted by atomic mass is 10.2. The summed E-state index contributed by atoms with van der Waals surface area (Å²) in [5.74, 6) is 1.74. The first-order valence-corrected chi connectivity index (χ1v) is 9.61. The molecule has 3 aromatic rings. The highest BCUT2D eigenvalue weighted by molar-refractivity contribution is 8.00. The Labute approximate surface area is 166 Å². The second-order valence-corrected chi connectivity index (χ2v) is 7.68. The Morgan fingerprint density at radius 1 is 1.36 bits per heavy atom.